The Bertz CT molecular complexity index is 351. The number of carbonyl (C=O) groups excluding carboxylic acids is 1. The first-order valence-electron chi connectivity index (χ1n) is 5.72. The zero-order valence-corrected chi connectivity index (χ0v) is 10.6. The molecule has 0 aliphatic rings. The Balaban J connectivity index is 2.40. The first-order valence-corrected chi connectivity index (χ1v) is 5.72. The maximum atomic E-state index is 11.0. The average molecular weight is 241 g/mol. The van der Waals surface area contributed by atoms with E-state index in [2.05, 4.69) is 21.8 Å². The Morgan fingerprint density at radius 1 is 1.53 bits per heavy atom. The molecule has 0 saturated heterocycles. The molecule has 0 aliphatic heterocycles. The van der Waals surface area contributed by atoms with Crippen molar-refractivity contribution in [2.45, 2.75) is 32.7 Å². The van der Waals surface area contributed by atoms with Gasteiger partial charge in [0.1, 0.15) is 0 Å². The molecule has 0 spiro atoms. The van der Waals surface area contributed by atoms with Gasteiger partial charge in [-0.25, -0.2) is 0 Å². The van der Waals surface area contributed by atoms with Crippen molar-refractivity contribution >= 4 is 5.97 Å². The Kier molecular flexibility index (Phi) is 5.62. The molecule has 6 nitrogen and oxygen atoms in total. The van der Waals surface area contributed by atoms with Crippen molar-refractivity contribution in [3.63, 3.8) is 0 Å². The molecule has 0 radical (unpaired) electrons. The van der Waals surface area contributed by atoms with Crippen molar-refractivity contribution in [1.82, 2.24) is 15.0 Å². The van der Waals surface area contributed by atoms with Crippen LogP contribution in [0.4, 0.5) is 0 Å². The van der Waals surface area contributed by atoms with E-state index in [1.165, 1.54) is 7.11 Å². The summed E-state index contributed by atoms with van der Waals surface area (Å²) < 4.78 is 9.66. The van der Waals surface area contributed by atoms with Gasteiger partial charge in [0.2, 0.25) is 5.89 Å². The molecule has 0 aliphatic carbocycles. The van der Waals surface area contributed by atoms with Crippen LogP contribution >= 0.6 is 0 Å². The van der Waals surface area contributed by atoms with Crippen LogP contribution in [-0.2, 0) is 22.5 Å². The van der Waals surface area contributed by atoms with Crippen molar-refractivity contribution in [1.29, 1.82) is 0 Å². The van der Waals surface area contributed by atoms with Crippen LogP contribution in [0.25, 0.3) is 0 Å². The van der Waals surface area contributed by atoms with Gasteiger partial charge in [-0.3, -0.25) is 9.69 Å². The molecule has 0 unspecified atom stereocenters. The number of ether oxygens (including phenoxy) is 1. The van der Waals surface area contributed by atoms with E-state index in [0.717, 1.165) is 25.1 Å². The molecule has 17 heavy (non-hydrogen) atoms. The number of nitrogens with zero attached hydrogens (tertiary/aromatic N) is 3. The molecule has 1 rings (SSSR count). The van der Waals surface area contributed by atoms with Crippen LogP contribution in [0.3, 0.4) is 0 Å². The highest BCUT2D eigenvalue weighted by Gasteiger charge is 2.11. The first kappa shape index (κ1) is 13.6. The molecule has 1 heterocycles. The highest BCUT2D eigenvalue weighted by molar-refractivity contribution is 5.71. The Hall–Kier alpha value is -1.43. The zero-order valence-electron chi connectivity index (χ0n) is 10.6. The number of esters is 1. The van der Waals surface area contributed by atoms with Gasteiger partial charge in [0.05, 0.1) is 20.2 Å². The fourth-order valence-corrected chi connectivity index (χ4v) is 1.36. The minimum atomic E-state index is -0.279. The number of likely N-dealkylation sites (N-methyl/N-ethyl adjacent to an activating group) is 1. The number of hydrogen-bond acceptors (Lipinski definition) is 6. The Morgan fingerprint density at radius 2 is 2.29 bits per heavy atom. The number of methoxy groups -OCH3 is 1. The van der Waals surface area contributed by atoms with Crippen molar-refractivity contribution in [3.8, 4) is 0 Å². The van der Waals surface area contributed by atoms with Crippen molar-refractivity contribution in [2.75, 3.05) is 20.7 Å². The first-order chi connectivity index (χ1) is 8.15. The number of aromatic nitrogens is 2. The highest BCUT2D eigenvalue weighted by Crippen LogP contribution is 2.04. The smallest absolute Gasteiger partial charge is 0.319 e. The average Bonchev–Trinajstić information content (AvgIpc) is 2.73. The van der Waals surface area contributed by atoms with Gasteiger partial charge in [-0.2, -0.15) is 4.98 Å². The second-order valence-corrected chi connectivity index (χ2v) is 3.96. The van der Waals surface area contributed by atoms with Gasteiger partial charge in [-0.05, 0) is 13.5 Å². The van der Waals surface area contributed by atoms with Gasteiger partial charge in [-0.1, -0.05) is 18.5 Å². The van der Waals surface area contributed by atoms with Crippen LogP contribution in [0.5, 0.6) is 0 Å². The molecular weight excluding hydrogens is 222 g/mol. The SMILES string of the molecule is CCCCc1noc(CN(C)CC(=O)OC)n1. The van der Waals surface area contributed by atoms with Crippen molar-refractivity contribution < 1.29 is 14.1 Å². The third-order valence-corrected chi connectivity index (χ3v) is 2.30. The molecule has 0 atom stereocenters. The van der Waals surface area contributed by atoms with Gasteiger partial charge in [0, 0.05) is 6.42 Å². The van der Waals surface area contributed by atoms with E-state index in [0.29, 0.717) is 12.4 Å². The summed E-state index contributed by atoms with van der Waals surface area (Å²) in [4.78, 5) is 17.0. The number of unbranched alkanes of at least 4 members (excludes halogenated alkanes) is 1. The maximum Gasteiger partial charge on any atom is 0.319 e. The predicted molar refractivity (Wildman–Crippen MR) is 61.3 cm³/mol. The monoisotopic (exact) mass is 241 g/mol. The van der Waals surface area contributed by atoms with Gasteiger partial charge in [0.25, 0.3) is 0 Å². The topological polar surface area (TPSA) is 68.5 Å². The summed E-state index contributed by atoms with van der Waals surface area (Å²) in [6.07, 6.45) is 2.99. The van der Waals surface area contributed by atoms with Crippen LogP contribution in [-0.4, -0.2) is 41.7 Å². The second-order valence-electron chi connectivity index (χ2n) is 3.96. The largest absolute Gasteiger partial charge is 0.468 e. The summed E-state index contributed by atoms with van der Waals surface area (Å²) in [7, 11) is 3.17. The number of carbonyl (C=O) groups is 1. The summed E-state index contributed by atoms with van der Waals surface area (Å²) in [6, 6.07) is 0. The van der Waals surface area contributed by atoms with Crippen LogP contribution in [0.2, 0.25) is 0 Å². The van der Waals surface area contributed by atoms with Gasteiger partial charge < -0.3 is 9.26 Å². The van der Waals surface area contributed by atoms with E-state index in [1.54, 1.807) is 11.9 Å². The van der Waals surface area contributed by atoms with Crippen LogP contribution in [0, 0.1) is 0 Å². The molecule has 0 fully saturated rings. The van der Waals surface area contributed by atoms with Gasteiger partial charge in [0.15, 0.2) is 5.82 Å². The Morgan fingerprint density at radius 3 is 2.94 bits per heavy atom. The van der Waals surface area contributed by atoms with E-state index in [4.69, 9.17) is 4.52 Å². The normalized spacial score (nSPS) is 10.8. The fourth-order valence-electron chi connectivity index (χ4n) is 1.36. The third kappa shape index (κ3) is 4.95. The minimum Gasteiger partial charge on any atom is -0.468 e. The summed E-state index contributed by atoms with van der Waals surface area (Å²) in [6.45, 7) is 2.78. The number of rotatable bonds is 7. The minimum absolute atomic E-state index is 0.211. The zero-order chi connectivity index (χ0) is 12.7. The summed E-state index contributed by atoms with van der Waals surface area (Å²) in [5, 5.41) is 3.88. The van der Waals surface area contributed by atoms with Gasteiger partial charge >= 0.3 is 5.97 Å². The summed E-state index contributed by atoms with van der Waals surface area (Å²) >= 11 is 0. The molecule has 6 heteroatoms. The van der Waals surface area contributed by atoms with Crippen molar-refractivity contribution in [2.24, 2.45) is 0 Å². The molecule has 0 aromatic carbocycles. The summed E-state index contributed by atoms with van der Waals surface area (Å²) in [5.74, 6) is 0.981. The maximum absolute atomic E-state index is 11.0. The molecule has 0 N–H and O–H groups in total. The lowest BCUT2D eigenvalue weighted by atomic mass is 10.2. The summed E-state index contributed by atoms with van der Waals surface area (Å²) in [5.41, 5.74) is 0. The third-order valence-electron chi connectivity index (χ3n) is 2.30. The standard InChI is InChI=1S/C11H19N3O3/c1-4-5-6-9-12-10(17-13-9)7-14(2)8-11(15)16-3/h4-8H2,1-3H3. The van der Waals surface area contributed by atoms with Gasteiger partial charge in [-0.15, -0.1) is 0 Å². The number of aryl methyl sites for hydroxylation is 1. The van der Waals surface area contributed by atoms with E-state index >= 15 is 0 Å². The predicted octanol–water partition coefficient (Wildman–Crippen LogP) is 1.02. The van der Waals surface area contributed by atoms with Crippen LogP contribution in [0.1, 0.15) is 31.5 Å². The molecule has 0 bridgehead atoms. The Labute approximate surface area is 101 Å². The molecule has 0 saturated carbocycles. The number of hydrogen-bond donors (Lipinski definition) is 0. The molecule has 0 amide bonds. The lowest BCUT2D eigenvalue weighted by Crippen LogP contribution is -2.26. The quantitative estimate of drug-likeness (QED) is 0.664. The van der Waals surface area contributed by atoms with E-state index in [9.17, 15) is 4.79 Å². The highest BCUT2D eigenvalue weighted by atomic mass is 16.5. The van der Waals surface area contributed by atoms with Crippen molar-refractivity contribution in [3.05, 3.63) is 11.7 Å². The van der Waals surface area contributed by atoms with E-state index < -0.39 is 0 Å². The lowest BCUT2D eigenvalue weighted by molar-refractivity contribution is -0.141. The molecule has 96 valence electrons. The lowest BCUT2D eigenvalue weighted by Gasteiger charge is -2.11. The fraction of sp³-hybridized carbons (Fsp3) is 0.727. The van der Waals surface area contributed by atoms with E-state index in [1.807, 2.05) is 0 Å². The second kappa shape index (κ2) is 7.01. The van der Waals surface area contributed by atoms with E-state index in [-0.39, 0.29) is 12.5 Å². The molecule has 1 aromatic heterocycles. The van der Waals surface area contributed by atoms with Crippen LogP contribution < -0.4 is 0 Å². The molecular formula is C11H19N3O3. The van der Waals surface area contributed by atoms with Crippen LogP contribution in [0.15, 0.2) is 4.52 Å². The molecule has 1 aromatic rings.